The van der Waals surface area contributed by atoms with Gasteiger partial charge in [0.2, 0.25) is 0 Å². The van der Waals surface area contributed by atoms with Crippen LogP contribution in [0.15, 0.2) is 15.7 Å². The average Bonchev–Trinajstić information content (AvgIpc) is 2.74. The third-order valence-corrected chi connectivity index (χ3v) is 5.85. The molecule has 0 fully saturated rings. The van der Waals surface area contributed by atoms with Gasteiger partial charge < -0.3 is 5.32 Å². The molecule has 0 saturated heterocycles. The van der Waals surface area contributed by atoms with Gasteiger partial charge in [0.1, 0.15) is 4.21 Å². The highest BCUT2D eigenvalue weighted by atomic mass is 32.2. The fourth-order valence-corrected chi connectivity index (χ4v) is 3.82. The molecule has 1 heterocycles. The predicted octanol–water partition coefficient (Wildman–Crippen LogP) is 1.89. The summed E-state index contributed by atoms with van der Waals surface area (Å²) in [5.74, 6) is 0. The number of hydrogen-bond donors (Lipinski definition) is 1. The van der Waals surface area contributed by atoms with Gasteiger partial charge in [0.05, 0.1) is 0 Å². The molecule has 98 valence electrons. The third kappa shape index (κ3) is 3.77. The van der Waals surface area contributed by atoms with Crippen LogP contribution in [0.3, 0.4) is 0 Å². The summed E-state index contributed by atoms with van der Waals surface area (Å²) in [7, 11) is -1.68. The van der Waals surface area contributed by atoms with E-state index in [-0.39, 0.29) is 0 Å². The monoisotopic (exact) mass is 276 g/mol. The van der Waals surface area contributed by atoms with E-state index >= 15 is 0 Å². The fraction of sp³-hybridized carbons (Fsp3) is 0.636. The zero-order chi connectivity index (χ0) is 13.1. The molecular weight excluding hydrogens is 256 g/mol. The van der Waals surface area contributed by atoms with E-state index in [1.807, 2.05) is 12.3 Å². The van der Waals surface area contributed by atoms with Crippen LogP contribution in [0.25, 0.3) is 0 Å². The summed E-state index contributed by atoms with van der Waals surface area (Å²) in [5, 5.41) is 5.16. The van der Waals surface area contributed by atoms with Crippen LogP contribution in [0, 0.1) is 0 Å². The summed E-state index contributed by atoms with van der Waals surface area (Å²) < 4.78 is 25.8. The second kappa shape index (κ2) is 5.95. The summed E-state index contributed by atoms with van der Waals surface area (Å²) >= 11 is 1.28. The van der Waals surface area contributed by atoms with Crippen LogP contribution in [-0.4, -0.2) is 32.4 Å². The Labute approximate surface area is 108 Å². The van der Waals surface area contributed by atoms with Crippen molar-refractivity contribution in [2.24, 2.45) is 0 Å². The van der Waals surface area contributed by atoms with Gasteiger partial charge in [0, 0.05) is 26.2 Å². The Kier molecular flexibility index (Phi) is 5.12. The minimum Gasteiger partial charge on any atom is -0.310 e. The summed E-state index contributed by atoms with van der Waals surface area (Å²) in [6, 6.07) is 2.15. The molecule has 0 spiro atoms. The van der Waals surface area contributed by atoms with Crippen molar-refractivity contribution in [2.75, 3.05) is 13.6 Å². The Bertz CT molecular complexity index is 452. The van der Waals surface area contributed by atoms with E-state index in [1.165, 1.54) is 15.6 Å². The topological polar surface area (TPSA) is 49.4 Å². The number of sulfonamides is 1. The maximum atomic E-state index is 12.0. The first-order valence-corrected chi connectivity index (χ1v) is 7.97. The maximum absolute atomic E-state index is 12.0. The standard InChI is InChI=1S/C11H20N2O2S2/c1-5-13(4)17(14,15)11-6-10(8-16-11)7-12-9(2)3/h6,8-9,12H,5,7H2,1-4H3. The molecule has 0 aliphatic carbocycles. The van der Waals surface area contributed by atoms with Crippen molar-refractivity contribution >= 4 is 21.4 Å². The van der Waals surface area contributed by atoms with Crippen LogP contribution in [0.2, 0.25) is 0 Å². The highest BCUT2D eigenvalue weighted by Gasteiger charge is 2.21. The molecule has 0 aliphatic heterocycles. The van der Waals surface area contributed by atoms with Crippen LogP contribution in [-0.2, 0) is 16.6 Å². The number of nitrogens with zero attached hydrogens (tertiary/aromatic N) is 1. The van der Waals surface area contributed by atoms with Crippen LogP contribution in [0.5, 0.6) is 0 Å². The zero-order valence-corrected chi connectivity index (χ0v) is 12.4. The van der Waals surface area contributed by atoms with Crippen molar-refractivity contribution in [2.45, 2.75) is 37.6 Å². The molecule has 0 saturated carbocycles. The van der Waals surface area contributed by atoms with Crippen molar-refractivity contribution in [3.8, 4) is 0 Å². The molecule has 0 amide bonds. The molecule has 0 atom stereocenters. The largest absolute Gasteiger partial charge is 0.310 e. The van der Waals surface area contributed by atoms with Crippen molar-refractivity contribution in [3.05, 3.63) is 17.0 Å². The Morgan fingerprint density at radius 3 is 2.65 bits per heavy atom. The number of rotatable bonds is 6. The van der Waals surface area contributed by atoms with Crippen molar-refractivity contribution in [3.63, 3.8) is 0 Å². The van der Waals surface area contributed by atoms with Gasteiger partial charge in [0.15, 0.2) is 0 Å². The van der Waals surface area contributed by atoms with E-state index in [1.54, 1.807) is 13.1 Å². The fourth-order valence-electron chi connectivity index (χ4n) is 1.23. The van der Waals surface area contributed by atoms with Crippen molar-refractivity contribution in [1.29, 1.82) is 0 Å². The van der Waals surface area contributed by atoms with Crippen molar-refractivity contribution < 1.29 is 8.42 Å². The molecule has 0 unspecified atom stereocenters. The molecule has 6 heteroatoms. The third-order valence-electron chi connectivity index (χ3n) is 2.45. The quantitative estimate of drug-likeness (QED) is 0.863. The molecule has 1 N–H and O–H groups in total. The van der Waals surface area contributed by atoms with Gasteiger partial charge >= 0.3 is 0 Å². The maximum Gasteiger partial charge on any atom is 0.252 e. The van der Waals surface area contributed by atoms with Crippen LogP contribution >= 0.6 is 11.3 Å². The van der Waals surface area contributed by atoms with E-state index in [4.69, 9.17) is 0 Å². The van der Waals surface area contributed by atoms with E-state index in [2.05, 4.69) is 19.2 Å². The summed E-state index contributed by atoms with van der Waals surface area (Å²) in [6.45, 7) is 7.15. The van der Waals surface area contributed by atoms with Gasteiger partial charge in [-0.1, -0.05) is 20.8 Å². The molecule has 17 heavy (non-hydrogen) atoms. The van der Waals surface area contributed by atoms with E-state index < -0.39 is 10.0 Å². The Morgan fingerprint density at radius 1 is 1.47 bits per heavy atom. The summed E-state index contributed by atoms with van der Waals surface area (Å²) in [6.07, 6.45) is 0. The van der Waals surface area contributed by atoms with Crippen LogP contribution in [0.1, 0.15) is 26.3 Å². The Morgan fingerprint density at radius 2 is 2.12 bits per heavy atom. The second-order valence-electron chi connectivity index (χ2n) is 4.23. The molecule has 0 aromatic carbocycles. The van der Waals surface area contributed by atoms with Gasteiger partial charge in [-0.3, -0.25) is 0 Å². The van der Waals surface area contributed by atoms with E-state index in [0.717, 1.165) is 5.56 Å². The van der Waals surface area contributed by atoms with E-state index in [9.17, 15) is 8.42 Å². The Hall–Kier alpha value is -0.430. The van der Waals surface area contributed by atoms with Gasteiger partial charge in [-0.25, -0.2) is 12.7 Å². The summed E-state index contributed by atoms with van der Waals surface area (Å²) in [5.41, 5.74) is 1.02. The Balaban J connectivity index is 2.81. The van der Waals surface area contributed by atoms with Crippen LogP contribution < -0.4 is 5.32 Å². The summed E-state index contributed by atoms with van der Waals surface area (Å²) in [4.78, 5) is 0. The molecule has 1 aromatic rings. The lowest BCUT2D eigenvalue weighted by molar-refractivity contribution is 0.488. The lowest BCUT2D eigenvalue weighted by atomic mass is 10.3. The first-order chi connectivity index (χ1) is 7.87. The number of nitrogens with one attached hydrogen (secondary N) is 1. The van der Waals surface area contributed by atoms with Gasteiger partial charge in [-0.15, -0.1) is 11.3 Å². The molecule has 0 aliphatic rings. The normalized spacial score (nSPS) is 12.6. The SMILES string of the molecule is CCN(C)S(=O)(=O)c1cc(CNC(C)C)cs1. The minimum atomic E-state index is -3.28. The van der Waals surface area contributed by atoms with Crippen molar-refractivity contribution in [1.82, 2.24) is 9.62 Å². The highest BCUT2D eigenvalue weighted by molar-refractivity contribution is 7.91. The lowest BCUT2D eigenvalue weighted by Crippen LogP contribution is -2.25. The van der Waals surface area contributed by atoms with E-state index in [0.29, 0.717) is 23.3 Å². The zero-order valence-electron chi connectivity index (χ0n) is 10.7. The minimum absolute atomic E-state index is 0.397. The van der Waals surface area contributed by atoms with Gasteiger partial charge in [-0.05, 0) is 17.0 Å². The van der Waals surface area contributed by atoms with Crippen LogP contribution in [0.4, 0.5) is 0 Å². The lowest BCUT2D eigenvalue weighted by Gasteiger charge is -2.12. The smallest absolute Gasteiger partial charge is 0.252 e. The predicted molar refractivity (Wildman–Crippen MR) is 71.8 cm³/mol. The van der Waals surface area contributed by atoms with Gasteiger partial charge in [0.25, 0.3) is 10.0 Å². The second-order valence-corrected chi connectivity index (χ2v) is 7.41. The average molecular weight is 276 g/mol. The number of hydrogen-bond acceptors (Lipinski definition) is 4. The molecule has 4 nitrogen and oxygen atoms in total. The highest BCUT2D eigenvalue weighted by Crippen LogP contribution is 2.23. The molecule has 1 aromatic heterocycles. The molecule has 0 radical (unpaired) electrons. The van der Waals surface area contributed by atoms with Gasteiger partial charge in [-0.2, -0.15) is 0 Å². The first-order valence-electron chi connectivity index (χ1n) is 5.65. The first kappa shape index (κ1) is 14.6. The molecule has 0 bridgehead atoms. The number of thiophene rings is 1. The molecular formula is C11H20N2O2S2. The molecule has 1 rings (SSSR count).